The maximum absolute atomic E-state index is 10.3. The Morgan fingerprint density at radius 3 is 2.73 bits per heavy atom. The van der Waals surface area contributed by atoms with E-state index in [1.807, 2.05) is 6.20 Å². The van der Waals surface area contributed by atoms with Crippen LogP contribution in [0.2, 0.25) is 10.0 Å². The van der Waals surface area contributed by atoms with E-state index < -0.39 is 6.10 Å². The molecule has 1 aliphatic rings. The van der Waals surface area contributed by atoms with Crippen molar-refractivity contribution in [3.63, 3.8) is 0 Å². The highest BCUT2D eigenvalue weighted by molar-refractivity contribution is 6.35. The Bertz CT molecular complexity index is 638. The summed E-state index contributed by atoms with van der Waals surface area (Å²) in [5.74, 6) is 0.513. The summed E-state index contributed by atoms with van der Waals surface area (Å²) in [5, 5.41) is 19.8. The molecule has 118 valence electrons. The van der Waals surface area contributed by atoms with Gasteiger partial charge in [-0.3, -0.25) is 0 Å². The summed E-state index contributed by atoms with van der Waals surface area (Å²) in [4.78, 5) is 0. The molecule has 0 spiro atoms. The van der Waals surface area contributed by atoms with Crippen molar-refractivity contribution in [2.45, 2.75) is 50.7 Å². The van der Waals surface area contributed by atoms with Crippen LogP contribution < -0.4 is 0 Å². The summed E-state index contributed by atoms with van der Waals surface area (Å²) in [6.45, 7) is 0.334. The fourth-order valence-electron chi connectivity index (χ4n) is 3.04. The molecule has 0 saturated heterocycles. The zero-order valence-electron chi connectivity index (χ0n) is 12.3. The predicted octanol–water partition coefficient (Wildman–Crippen LogP) is 4.37. The summed E-state index contributed by atoms with van der Waals surface area (Å²) < 4.78 is 1.69. The molecule has 1 heterocycles. The van der Waals surface area contributed by atoms with Crippen LogP contribution >= 0.6 is 23.2 Å². The molecule has 1 aromatic carbocycles. The van der Waals surface area contributed by atoms with Gasteiger partial charge in [0.25, 0.3) is 0 Å². The molecule has 4 nitrogen and oxygen atoms in total. The van der Waals surface area contributed by atoms with Crippen molar-refractivity contribution in [2.24, 2.45) is 0 Å². The van der Waals surface area contributed by atoms with Crippen LogP contribution in [0, 0.1) is 0 Å². The van der Waals surface area contributed by atoms with Gasteiger partial charge < -0.3 is 5.11 Å². The molecule has 1 unspecified atom stereocenters. The van der Waals surface area contributed by atoms with Crippen molar-refractivity contribution >= 4 is 23.2 Å². The summed E-state index contributed by atoms with van der Waals surface area (Å²) in [6, 6.07) is 5.10. The van der Waals surface area contributed by atoms with Crippen molar-refractivity contribution in [1.82, 2.24) is 15.0 Å². The van der Waals surface area contributed by atoms with E-state index >= 15 is 0 Å². The van der Waals surface area contributed by atoms with Crippen molar-refractivity contribution in [3.05, 3.63) is 45.7 Å². The molecule has 0 bridgehead atoms. The van der Waals surface area contributed by atoms with Crippen LogP contribution in [-0.4, -0.2) is 20.1 Å². The quantitative estimate of drug-likeness (QED) is 0.899. The monoisotopic (exact) mass is 339 g/mol. The SMILES string of the molecule is OC(Cn1cc(C2CCCCC2)nn1)c1ccc(Cl)cc1Cl. The molecular weight excluding hydrogens is 321 g/mol. The van der Waals surface area contributed by atoms with Crippen LogP contribution in [0.15, 0.2) is 24.4 Å². The minimum absolute atomic E-state index is 0.334. The Morgan fingerprint density at radius 1 is 1.23 bits per heavy atom. The molecule has 22 heavy (non-hydrogen) atoms. The average molecular weight is 340 g/mol. The van der Waals surface area contributed by atoms with Crippen molar-refractivity contribution in [2.75, 3.05) is 0 Å². The first-order valence-electron chi connectivity index (χ1n) is 7.66. The first kappa shape index (κ1) is 15.8. The van der Waals surface area contributed by atoms with Crippen LogP contribution in [0.4, 0.5) is 0 Å². The molecule has 1 N–H and O–H groups in total. The Balaban J connectivity index is 1.68. The third kappa shape index (κ3) is 3.62. The molecule has 3 rings (SSSR count). The highest BCUT2D eigenvalue weighted by Crippen LogP contribution is 2.31. The second kappa shape index (κ2) is 6.99. The number of nitrogens with zero attached hydrogens (tertiary/aromatic N) is 3. The van der Waals surface area contributed by atoms with Gasteiger partial charge in [-0.05, 0) is 25.0 Å². The molecule has 1 aromatic heterocycles. The van der Waals surface area contributed by atoms with Gasteiger partial charge in [-0.2, -0.15) is 0 Å². The zero-order valence-corrected chi connectivity index (χ0v) is 13.8. The van der Waals surface area contributed by atoms with Gasteiger partial charge >= 0.3 is 0 Å². The fraction of sp³-hybridized carbons (Fsp3) is 0.500. The highest BCUT2D eigenvalue weighted by Gasteiger charge is 2.19. The maximum atomic E-state index is 10.3. The molecule has 0 aliphatic heterocycles. The Morgan fingerprint density at radius 2 is 2.00 bits per heavy atom. The number of halogens is 2. The van der Waals surface area contributed by atoms with Crippen LogP contribution in [0.25, 0.3) is 0 Å². The molecule has 0 amide bonds. The van der Waals surface area contributed by atoms with E-state index in [0.29, 0.717) is 28.1 Å². The number of hydrogen-bond acceptors (Lipinski definition) is 3. The van der Waals surface area contributed by atoms with Crippen LogP contribution in [-0.2, 0) is 6.54 Å². The number of aliphatic hydroxyl groups is 1. The zero-order chi connectivity index (χ0) is 15.5. The number of hydrogen-bond donors (Lipinski definition) is 1. The minimum Gasteiger partial charge on any atom is -0.386 e. The van der Waals surface area contributed by atoms with E-state index in [9.17, 15) is 5.11 Å². The first-order valence-corrected chi connectivity index (χ1v) is 8.42. The van der Waals surface area contributed by atoms with Crippen LogP contribution in [0.5, 0.6) is 0 Å². The van der Waals surface area contributed by atoms with Gasteiger partial charge in [-0.15, -0.1) is 5.10 Å². The van der Waals surface area contributed by atoms with Crippen molar-refractivity contribution in [3.8, 4) is 0 Å². The molecule has 1 fully saturated rings. The highest BCUT2D eigenvalue weighted by atomic mass is 35.5. The van der Waals surface area contributed by atoms with Gasteiger partial charge in [0.05, 0.1) is 12.2 Å². The third-order valence-corrected chi connectivity index (χ3v) is 4.82. The molecule has 2 aromatic rings. The maximum Gasteiger partial charge on any atom is 0.100 e. The van der Waals surface area contributed by atoms with Gasteiger partial charge in [0, 0.05) is 27.7 Å². The largest absolute Gasteiger partial charge is 0.386 e. The molecule has 1 saturated carbocycles. The summed E-state index contributed by atoms with van der Waals surface area (Å²) >= 11 is 12.0. The molecule has 6 heteroatoms. The van der Waals surface area contributed by atoms with E-state index in [-0.39, 0.29) is 0 Å². The Hall–Kier alpha value is -1.10. The minimum atomic E-state index is -0.731. The van der Waals surface area contributed by atoms with Crippen molar-refractivity contribution < 1.29 is 5.11 Å². The smallest absolute Gasteiger partial charge is 0.100 e. The Kier molecular flexibility index (Phi) is 5.01. The molecule has 1 atom stereocenters. The van der Waals surface area contributed by atoms with Crippen LogP contribution in [0.3, 0.4) is 0 Å². The lowest BCUT2D eigenvalue weighted by molar-refractivity contribution is 0.150. The average Bonchev–Trinajstić information content (AvgIpc) is 2.96. The summed E-state index contributed by atoms with van der Waals surface area (Å²) in [7, 11) is 0. The van der Waals surface area contributed by atoms with E-state index in [0.717, 1.165) is 5.69 Å². The molecule has 1 aliphatic carbocycles. The second-order valence-electron chi connectivity index (χ2n) is 5.88. The standard InChI is InChI=1S/C16H19Cl2N3O/c17-12-6-7-13(14(18)8-12)16(22)10-21-9-15(19-20-21)11-4-2-1-3-5-11/h6-9,11,16,22H,1-5,10H2. The Labute approximate surface area is 140 Å². The first-order chi connectivity index (χ1) is 10.6. The topological polar surface area (TPSA) is 50.9 Å². The lowest BCUT2D eigenvalue weighted by Crippen LogP contribution is -2.10. The summed E-state index contributed by atoms with van der Waals surface area (Å²) in [5.41, 5.74) is 1.69. The van der Waals surface area contributed by atoms with Gasteiger partial charge in [0.1, 0.15) is 6.10 Å². The third-order valence-electron chi connectivity index (χ3n) is 4.26. The molecular formula is C16H19Cl2N3O. The number of aliphatic hydroxyl groups excluding tert-OH is 1. The predicted molar refractivity (Wildman–Crippen MR) is 87.3 cm³/mol. The van der Waals surface area contributed by atoms with Gasteiger partial charge in [0.2, 0.25) is 0 Å². The lowest BCUT2D eigenvalue weighted by Gasteiger charge is -2.18. The van der Waals surface area contributed by atoms with Gasteiger partial charge in [-0.25, -0.2) is 4.68 Å². The van der Waals surface area contributed by atoms with E-state index in [1.165, 1.54) is 32.1 Å². The molecule has 0 radical (unpaired) electrons. The van der Waals surface area contributed by atoms with E-state index in [4.69, 9.17) is 23.2 Å². The number of rotatable bonds is 4. The number of aromatic nitrogens is 3. The fourth-order valence-corrected chi connectivity index (χ4v) is 3.57. The number of benzene rings is 1. The van der Waals surface area contributed by atoms with E-state index in [1.54, 1.807) is 22.9 Å². The second-order valence-corrected chi connectivity index (χ2v) is 6.73. The lowest BCUT2D eigenvalue weighted by atomic mass is 9.87. The van der Waals surface area contributed by atoms with Crippen LogP contribution in [0.1, 0.15) is 55.4 Å². The normalized spacial score (nSPS) is 17.6. The van der Waals surface area contributed by atoms with Gasteiger partial charge in [0.15, 0.2) is 0 Å². The van der Waals surface area contributed by atoms with Crippen molar-refractivity contribution in [1.29, 1.82) is 0 Å². The van der Waals surface area contributed by atoms with E-state index in [2.05, 4.69) is 10.3 Å². The summed E-state index contributed by atoms with van der Waals surface area (Å²) in [6.07, 6.45) is 7.43. The van der Waals surface area contributed by atoms with Gasteiger partial charge in [-0.1, -0.05) is 53.7 Å².